The molecule has 128 valence electrons. The average molecular weight is 340 g/mol. The lowest BCUT2D eigenvalue weighted by Gasteiger charge is -2.05. The van der Waals surface area contributed by atoms with Gasteiger partial charge in [-0.1, -0.05) is 6.07 Å². The number of benzene rings is 1. The van der Waals surface area contributed by atoms with Crippen molar-refractivity contribution in [2.75, 3.05) is 6.54 Å². The number of aromatic carboxylic acids is 1. The Morgan fingerprint density at radius 3 is 2.68 bits per heavy atom. The quantitative estimate of drug-likeness (QED) is 0.658. The number of carbonyl (C=O) groups is 3. The van der Waals surface area contributed by atoms with Gasteiger partial charge in [0.05, 0.1) is 5.56 Å². The summed E-state index contributed by atoms with van der Waals surface area (Å²) in [5.74, 6) is -0.558. The van der Waals surface area contributed by atoms with E-state index in [-0.39, 0.29) is 17.8 Å². The number of amides is 3. The van der Waals surface area contributed by atoms with Gasteiger partial charge in [-0.2, -0.15) is 0 Å². The normalized spacial score (nSPS) is 15.8. The van der Waals surface area contributed by atoms with Crippen molar-refractivity contribution in [3.63, 3.8) is 0 Å². The van der Waals surface area contributed by atoms with Crippen LogP contribution >= 0.6 is 0 Å². The molecule has 7 nitrogen and oxygen atoms in total. The van der Waals surface area contributed by atoms with E-state index in [9.17, 15) is 14.4 Å². The van der Waals surface area contributed by atoms with Crippen LogP contribution in [0.15, 0.2) is 40.4 Å². The number of hydrogen-bond acceptors (Lipinski definition) is 4. The van der Waals surface area contributed by atoms with Crippen LogP contribution in [0.5, 0.6) is 0 Å². The molecule has 2 heterocycles. The van der Waals surface area contributed by atoms with Gasteiger partial charge in [-0.3, -0.25) is 9.69 Å². The summed E-state index contributed by atoms with van der Waals surface area (Å²) in [7, 11) is 0. The highest BCUT2D eigenvalue weighted by molar-refractivity contribution is 6.13. The average Bonchev–Trinajstić information content (AvgIpc) is 3.13. The van der Waals surface area contributed by atoms with E-state index in [4.69, 9.17) is 9.52 Å². The van der Waals surface area contributed by atoms with E-state index >= 15 is 0 Å². The zero-order valence-corrected chi connectivity index (χ0v) is 13.7. The molecule has 1 fully saturated rings. The number of carboxylic acid groups (broad SMARTS) is 1. The fourth-order valence-electron chi connectivity index (χ4n) is 2.60. The van der Waals surface area contributed by atoms with Gasteiger partial charge in [0.2, 0.25) is 0 Å². The maximum atomic E-state index is 12.1. The minimum Gasteiger partial charge on any atom is -0.478 e. The molecule has 2 aromatic rings. The molecule has 0 unspecified atom stereocenters. The molecule has 1 aliphatic rings. The van der Waals surface area contributed by atoms with Crippen LogP contribution in [0, 0.1) is 6.92 Å². The Morgan fingerprint density at radius 1 is 1.28 bits per heavy atom. The fourth-order valence-corrected chi connectivity index (χ4v) is 2.60. The van der Waals surface area contributed by atoms with Crippen LogP contribution in [-0.4, -0.2) is 34.5 Å². The highest BCUT2D eigenvalue weighted by atomic mass is 16.4. The first kappa shape index (κ1) is 16.5. The first-order chi connectivity index (χ1) is 11.9. The molecule has 1 aromatic carbocycles. The van der Waals surface area contributed by atoms with Crippen LogP contribution in [0.2, 0.25) is 0 Å². The lowest BCUT2D eigenvalue weighted by molar-refractivity contribution is -0.122. The Kier molecular flexibility index (Phi) is 4.14. The maximum absolute atomic E-state index is 12.1. The highest BCUT2D eigenvalue weighted by Gasteiger charge is 2.32. The minimum atomic E-state index is -1.02. The SMILES string of the molecule is CCN1C(=O)N/C(=C/c2ccc(-c3cc(C(=O)O)ccc3C)o2)C1=O. The van der Waals surface area contributed by atoms with Gasteiger partial charge in [0.1, 0.15) is 17.2 Å². The molecule has 3 amide bonds. The Hall–Kier alpha value is -3.35. The molecule has 1 aliphatic heterocycles. The number of aryl methyl sites for hydroxylation is 1. The molecule has 1 saturated heterocycles. The van der Waals surface area contributed by atoms with Crippen molar-refractivity contribution in [1.82, 2.24) is 10.2 Å². The standard InChI is InChI=1S/C18H16N2O5/c1-3-20-16(21)14(19-18(20)24)9-12-6-7-15(25-12)13-8-11(17(22)23)5-4-10(13)2/h4-9H,3H2,1-2H3,(H,19,24)(H,22,23)/b14-9+. The number of carboxylic acids is 1. The van der Waals surface area contributed by atoms with Crippen molar-refractivity contribution in [2.24, 2.45) is 0 Å². The molecule has 3 rings (SSSR count). The second-order valence-corrected chi connectivity index (χ2v) is 5.57. The van der Waals surface area contributed by atoms with Crippen molar-refractivity contribution >= 4 is 24.0 Å². The summed E-state index contributed by atoms with van der Waals surface area (Å²) in [5, 5.41) is 11.6. The number of likely N-dealkylation sites (N-methyl/N-ethyl adjacent to an activating group) is 1. The lowest BCUT2D eigenvalue weighted by Crippen LogP contribution is -2.30. The summed E-state index contributed by atoms with van der Waals surface area (Å²) in [6, 6.07) is 7.66. The highest BCUT2D eigenvalue weighted by Crippen LogP contribution is 2.28. The van der Waals surface area contributed by atoms with Crippen LogP contribution in [-0.2, 0) is 4.79 Å². The molecule has 7 heteroatoms. The predicted molar refractivity (Wildman–Crippen MR) is 89.7 cm³/mol. The second kappa shape index (κ2) is 6.27. The van der Waals surface area contributed by atoms with Crippen LogP contribution in [0.25, 0.3) is 17.4 Å². The van der Waals surface area contributed by atoms with Gasteiger partial charge >= 0.3 is 12.0 Å². The summed E-state index contributed by atoms with van der Waals surface area (Å²) in [4.78, 5) is 36.0. The number of nitrogens with one attached hydrogen (secondary N) is 1. The van der Waals surface area contributed by atoms with E-state index in [1.165, 1.54) is 18.2 Å². The van der Waals surface area contributed by atoms with Gasteiger partial charge in [0.25, 0.3) is 5.91 Å². The van der Waals surface area contributed by atoms with E-state index in [0.717, 1.165) is 10.5 Å². The Morgan fingerprint density at radius 2 is 2.04 bits per heavy atom. The zero-order chi connectivity index (χ0) is 18.1. The fraction of sp³-hybridized carbons (Fsp3) is 0.167. The molecule has 25 heavy (non-hydrogen) atoms. The molecule has 0 saturated carbocycles. The molecule has 0 atom stereocenters. The number of furan rings is 1. The first-order valence-electron chi connectivity index (χ1n) is 7.69. The number of rotatable bonds is 4. The molecule has 0 aliphatic carbocycles. The van der Waals surface area contributed by atoms with Gasteiger partial charge in [0.15, 0.2) is 0 Å². The van der Waals surface area contributed by atoms with Crippen molar-refractivity contribution in [1.29, 1.82) is 0 Å². The van der Waals surface area contributed by atoms with Gasteiger partial charge in [-0.05, 0) is 43.7 Å². The molecule has 1 aromatic heterocycles. The summed E-state index contributed by atoms with van der Waals surface area (Å²) < 4.78 is 5.71. The Bertz CT molecular complexity index is 910. The summed E-state index contributed by atoms with van der Waals surface area (Å²) in [6.07, 6.45) is 1.45. The van der Waals surface area contributed by atoms with Crippen LogP contribution in [0.3, 0.4) is 0 Å². The Balaban J connectivity index is 1.93. The Labute approximate surface area is 143 Å². The lowest BCUT2D eigenvalue weighted by atomic mass is 10.0. The second-order valence-electron chi connectivity index (χ2n) is 5.57. The van der Waals surface area contributed by atoms with E-state index in [1.54, 1.807) is 25.1 Å². The van der Waals surface area contributed by atoms with Gasteiger partial charge in [-0.25, -0.2) is 9.59 Å². The zero-order valence-electron chi connectivity index (χ0n) is 13.7. The number of imide groups is 1. The van der Waals surface area contributed by atoms with E-state index in [0.29, 0.717) is 17.1 Å². The van der Waals surface area contributed by atoms with E-state index in [1.807, 2.05) is 6.92 Å². The van der Waals surface area contributed by atoms with Crippen LogP contribution < -0.4 is 5.32 Å². The molecule has 0 radical (unpaired) electrons. The summed E-state index contributed by atoms with van der Waals surface area (Å²) >= 11 is 0. The molecular formula is C18H16N2O5. The molecule has 0 spiro atoms. The number of nitrogens with zero attached hydrogens (tertiary/aromatic N) is 1. The van der Waals surface area contributed by atoms with Crippen molar-refractivity contribution in [3.05, 3.63) is 52.9 Å². The molecule has 0 bridgehead atoms. The predicted octanol–water partition coefficient (Wildman–Crippen LogP) is 2.87. The summed E-state index contributed by atoms with van der Waals surface area (Å²) in [6.45, 7) is 3.84. The first-order valence-corrected chi connectivity index (χ1v) is 7.69. The maximum Gasteiger partial charge on any atom is 0.335 e. The summed E-state index contributed by atoms with van der Waals surface area (Å²) in [5.41, 5.74) is 1.82. The topological polar surface area (TPSA) is 99.8 Å². The van der Waals surface area contributed by atoms with Crippen molar-refractivity contribution < 1.29 is 23.9 Å². The van der Waals surface area contributed by atoms with Crippen molar-refractivity contribution in [3.8, 4) is 11.3 Å². The molecular weight excluding hydrogens is 324 g/mol. The van der Waals surface area contributed by atoms with E-state index in [2.05, 4.69) is 5.32 Å². The third-order valence-corrected chi connectivity index (χ3v) is 3.94. The third-order valence-electron chi connectivity index (χ3n) is 3.94. The largest absolute Gasteiger partial charge is 0.478 e. The van der Waals surface area contributed by atoms with Crippen LogP contribution in [0.4, 0.5) is 4.79 Å². The number of hydrogen-bond donors (Lipinski definition) is 2. The number of carbonyl (C=O) groups excluding carboxylic acids is 2. The smallest absolute Gasteiger partial charge is 0.335 e. The minimum absolute atomic E-state index is 0.142. The van der Waals surface area contributed by atoms with Crippen molar-refractivity contribution in [2.45, 2.75) is 13.8 Å². The van der Waals surface area contributed by atoms with Gasteiger partial charge in [-0.15, -0.1) is 0 Å². The third kappa shape index (κ3) is 3.03. The number of urea groups is 1. The monoisotopic (exact) mass is 340 g/mol. The van der Waals surface area contributed by atoms with Gasteiger partial charge < -0.3 is 14.8 Å². The molecule has 2 N–H and O–H groups in total. The van der Waals surface area contributed by atoms with Gasteiger partial charge in [0, 0.05) is 18.2 Å². The van der Waals surface area contributed by atoms with E-state index < -0.39 is 17.9 Å². The van der Waals surface area contributed by atoms with Crippen LogP contribution in [0.1, 0.15) is 28.6 Å².